The Bertz CT molecular complexity index is 155. The number of carbonyl (C=O) groups excluding carboxylic acids is 1. The largest absolute Gasteiger partial charge is 0.394 e. The van der Waals surface area contributed by atoms with E-state index in [4.69, 9.17) is 10.8 Å². The fourth-order valence-corrected chi connectivity index (χ4v) is 1.26. The molecule has 4 N–H and O–H groups in total. The molecule has 0 aliphatic rings. The molecule has 0 bridgehead atoms. The standard InChI is InChI=1S/C8H18N2O2S/c1-6(5-11)10-8(12)7(9)3-4-13-2/h6-7,11H,3-5,9H2,1-2H3,(H,10,12)/t6?,7-/m1/s1. The Morgan fingerprint density at radius 2 is 2.31 bits per heavy atom. The van der Waals surface area contributed by atoms with E-state index < -0.39 is 6.04 Å². The lowest BCUT2D eigenvalue weighted by molar-refractivity contribution is -0.123. The van der Waals surface area contributed by atoms with Crippen molar-refractivity contribution in [2.45, 2.75) is 25.4 Å². The summed E-state index contributed by atoms with van der Waals surface area (Å²) in [6.45, 7) is 1.68. The van der Waals surface area contributed by atoms with Crippen molar-refractivity contribution in [3.8, 4) is 0 Å². The van der Waals surface area contributed by atoms with Crippen molar-refractivity contribution in [1.29, 1.82) is 0 Å². The molecule has 0 aliphatic carbocycles. The number of amides is 1. The highest BCUT2D eigenvalue weighted by molar-refractivity contribution is 7.98. The average Bonchev–Trinajstić information content (AvgIpc) is 2.13. The minimum absolute atomic E-state index is 0.0546. The summed E-state index contributed by atoms with van der Waals surface area (Å²) in [5.74, 6) is 0.692. The Morgan fingerprint density at radius 3 is 2.77 bits per heavy atom. The van der Waals surface area contributed by atoms with E-state index in [0.29, 0.717) is 6.42 Å². The molecule has 0 saturated heterocycles. The molecule has 0 rings (SSSR count). The number of carbonyl (C=O) groups is 1. The van der Waals surface area contributed by atoms with Crippen LogP contribution in [0.2, 0.25) is 0 Å². The van der Waals surface area contributed by atoms with E-state index >= 15 is 0 Å². The number of aliphatic hydroxyl groups excluding tert-OH is 1. The number of nitrogens with two attached hydrogens (primary N) is 1. The van der Waals surface area contributed by atoms with Gasteiger partial charge in [0.2, 0.25) is 5.91 Å². The summed E-state index contributed by atoms with van der Waals surface area (Å²) in [4.78, 5) is 11.3. The van der Waals surface area contributed by atoms with E-state index in [-0.39, 0.29) is 18.6 Å². The molecule has 0 fully saturated rings. The molecule has 13 heavy (non-hydrogen) atoms. The Labute approximate surface area is 83.3 Å². The molecular weight excluding hydrogens is 188 g/mol. The van der Waals surface area contributed by atoms with Crippen molar-refractivity contribution < 1.29 is 9.90 Å². The molecule has 0 heterocycles. The topological polar surface area (TPSA) is 75.4 Å². The van der Waals surface area contributed by atoms with Gasteiger partial charge < -0.3 is 16.2 Å². The number of aliphatic hydroxyl groups is 1. The number of rotatable bonds is 6. The van der Waals surface area contributed by atoms with Crippen LogP contribution in [-0.4, -0.2) is 41.7 Å². The first kappa shape index (κ1) is 12.7. The van der Waals surface area contributed by atoms with Crippen molar-refractivity contribution in [3.05, 3.63) is 0 Å². The summed E-state index contributed by atoms with van der Waals surface area (Å²) in [5.41, 5.74) is 5.60. The first-order chi connectivity index (χ1) is 6.11. The Morgan fingerprint density at radius 1 is 1.69 bits per heavy atom. The zero-order valence-corrected chi connectivity index (χ0v) is 8.93. The summed E-state index contributed by atoms with van der Waals surface area (Å²) >= 11 is 1.66. The van der Waals surface area contributed by atoms with E-state index in [2.05, 4.69) is 5.32 Å². The maximum Gasteiger partial charge on any atom is 0.237 e. The lowest BCUT2D eigenvalue weighted by Crippen LogP contribution is -2.45. The van der Waals surface area contributed by atoms with Crippen LogP contribution in [0.5, 0.6) is 0 Å². The molecule has 1 unspecified atom stereocenters. The van der Waals surface area contributed by atoms with E-state index in [1.54, 1.807) is 18.7 Å². The lowest BCUT2D eigenvalue weighted by Gasteiger charge is -2.15. The maximum atomic E-state index is 11.3. The van der Waals surface area contributed by atoms with Crippen molar-refractivity contribution in [2.75, 3.05) is 18.6 Å². The molecule has 0 spiro atoms. The second-order valence-electron chi connectivity index (χ2n) is 2.98. The zero-order valence-electron chi connectivity index (χ0n) is 8.12. The van der Waals surface area contributed by atoms with Crippen LogP contribution < -0.4 is 11.1 Å². The highest BCUT2D eigenvalue weighted by Crippen LogP contribution is 1.98. The molecule has 0 aromatic carbocycles. The summed E-state index contributed by atoms with van der Waals surface area (Å²) in [5, 5.41) is 11.3. The van der Waals surface area contributed by atoms with Gasteiger partial charge in [-0.25, -0.2) is 0 Å². The van der Waals surface area contributed by atoms with Crippen molar-refractivity contribution >= 4 is 17.7 Å². The van der Waals surface area contributed by atoms with Crippen LogP contribution in [0.15, 0.2) is 0 Å². The Balaban J connectivity index is 3.68. The molecule has 5 heteroatoms. The highest BCUT2D eigenvalue weighted by atomic mass is 32.2. The molecule has 0 radical (unpaired) electrons. The lowest BCUT2D eigenvalue weighted by atomic mass is 10.2. The Hall–Kier alpha value is -0.260. The van der Waals surface area contributed by atoms with Gasteiger partial charge in [0.25, 0.3) is 0 Å². The quantitative estimate of drug-likeness (QED) is 0.551. The molecule has 0 aliphatic heterocycles. The smallest absolute Gasteiger partial charge is 0.237 e. The van der Waals surface area contributed by atoms with Gasteiger partial charge in [0.05, 0.1) is 12.6 Å². The van der Waals surface area contributed by atoms with Gasteiger partial charge in [0.15, 0.2) is 0 Å². The molecule has 2 atom stereocenters. The van der Waals surface area contributed by atoms with Gasteiger partial charge in [-0.2, -0.15) is 11.8 Å². The summed E-state index contributed by atoms with van der Waals surface area (Å²) < 4.78 is 0. The van der Waals surface area contributed by atoms with Crippen molar-refractivity contribution in [1.82, 2.24) is 5.32 Å². The highest BCUT2D eigenvalue weighted by Gasteiger charge is 2.14. The van der Waals surface area contributed by atoms with E-state index in [1.807, 2.05) is 6.26 Å². The predicted molar refractivity (Wildman–Crippen MR) is 55.7 cm³/mol. The minimum Gasteiger partial charge on any atom is -0.394 e. The number of hydrogen-bond acceptors (Lipinski definition) is 4. The third-order valence-corrected chi connectivity index (χ3v) is 2.28. The fraction of sp³-hybridized carbons (Fsp3) is 0.875. The van der Waals surface area contributed by atoms with Gasteiger partial charge >= 0.3 is 0 Å². The van der Waals surface area contributed by atoms with E-state index in [1.165, 1.54) is 0 Å². The van der Waals surface area contributed by atoms with Crippen LogP contribution in [0, 0.1) is 0 Å². The monoisotopic (exact) mass is 206 g/mol. The SMILES string of the molecule is CSCC[C@@H](N)C(=O)NC(C)CO. The predicted octanol–water partition coefficient (Wildman–Crippen LogP) is -0.436. The van der Waals surface area contributed by atoms with Crippen LogP contribution in [0.4, 0.5) is 0 Å². The normalized spacial score (nSPS) is 15.1. The molecule has 1 amide bonds. The fourth-order valence-electron chi connectivity index (χ4n) is 0.771. The number of hydrogen-bond donors (Lipinski definition) is 3. The van der Waals surface area contributed by atoms with Gasteiger partial charge in [0, 0.05) is 6.04 Å². The van der Waals surface area contributed by atoms with Crippen LogP contribution in [0.1, 0.15) is 13.3 Å². The van der Waals surface area contributed by atoms with Gasteiger partial charge in [-0.3, -0.25) is 4.79 Å². The van der Waals surface area contributed by atoms with Crippen molar-refractivity contribution in [3.63, 3.8) is 0 Å². The second-order valence-corrected chi connectivity index (χ2v) is 3.97. The molecular formula is C8H18N2O2S. The van der Waals surface area contributed by atoms with Crippen molar-refractivity contribution in [2.24, 2.45) is 5.73 Å². The van der Waals surface area contributed by atoms with Gasteiger partial charge in [-0.05, 0) is 25.4 Å². The second kappa shape index (κ2) is 7.17. The Kier molecular flexibility index (Phi) is 7.03. The average molecular weight is 206 g/mol. The molecule has 0 aromatic heterocycles. The maximum absolute atomic E-state index is 11.3. The van der Waals surface area contributed by atoms with Crippen LogP contribution in [0.3, 0.4) is 0 Å². The summed E-state index contributed by atoms with van der Waals surface area (Å²) in [6, 6.07) is -0.672. The van der Waals surface area contributed by atoms with Gasteiger partial charge in [-0.1, -0.05) is 0 Å². The van der Waals surface area contributed by atoms with Crippen LogP contribution in [-0.2, 0) is 4.79 Å². The molecule has 78 valence electrons. The van der Waals surface area contributed by atoms with Crippen LogP contribution in [0.25, 0.3) is 0 Å². The molecule has 0 saturated carbocycles. The van der Waals surface area contributed by atoms with Gasteiger partial charge in [-0.15, -0.1) is 0 Å². The van der Waals surface area contributed by atoms with E-state index in [9.17, 15) is 4.79 Å². The zero-order chi connectivity index (χ0) is 10.3. The summed E-state index contributed by atoms with van der Waals surface area (Å²) in [7, 11) is 0. The minimum atomic E-state index is -0.457. The van der Waals surface area contributed by atoms with Crippen LogP contribution >= 0.6 is 11.8 Å². The molecule has 4 nitrogen and oxygen atoms in total. The third kappa shape index (κ3) is 5.90. The number of nitrogens with one attached hydrogen (secondary N) is 1. The first-order valence-corrected chi connectivity index (χ1v) is 5.67. The summed E-state index contributed by atoms with van der Waals surface area (Å²) in [6.07, 6.45) is 2.64. The van der Waals surface area contributed by atoms with E-state index in [0.717, 1.165) is 5.75 Å². The molecule has 0 aromatic rings. The van der Waals surface area contributed by atoms with Gasteiger partial charge in [0.1, 0.15) is 0 Å². The first-order valence-electron chi connectivity index (χ1n) is 4.27. The third-order valence-electron chi connectivity index (χ3n) is 1.63. The number of thioether (sulfide) groups is 1.